The van der Waals surface area contributed by atoms with Crippen LogP contribution >= 0.6 is 45.8 Å². The molecule has 0 aromatic rings. The average Bonchev–Trinajstić information content (AvgIpc) is 1.35. The topological polar surface area (TPSA) is 0 Å². The predicted octanol–water partition coefficient (Wildman–Crippen LogP) is 2.52. The van der Waals surface area contributed by atoms with E-state index in [2.05, 4.69) is 0 Å². The molecule has 0 saturated heterocycles. The molecule has 0 aliphatic heterocycles. The Morgan fingerprint density at radius 3 is 1.83 bits per heavy atom. The molecule has 0 saturated carbocycles. The maximum atomic E-state index is 11.6. The summed E-state index contributed by atoms with van der Waals surface area (Å²) in [5.41, 5.74) is 0. The molecule has 6 heavy (non-hydrogen) atoms. The van der Waals surface area contributed by atoms with E-state index in [4.69, 9.17) is 23.2 Å². The van der Waals surface area contributed by atoms with Gasteiger partial charge in [-0.1, -0.05) is 45.8 Å². The lowest BCUT2D eigenvalue weighted by atomic mass is 10.9. The first-order valence-electron chi connectivity index (χ1n) is 1.19. The van der Waals surface area contributed by atoms with Gasteiger partial charge in [0.2, 0.25) is 0 Å². The van der Waals surface area contributed by atoms with Crippen molar-refractivity contribution < 1.29 is 4.39 Å². The molecule has 0 unspecified atom stereocenters. The van der Waals surface area contributed by atoms with E-state index in [1.165, 1.54) is 0 Å². The van der Waals surface area contributed by atoms with Crippen LogP contribution in [0.15, 0.2) is 0 Å². The zero-order valence-corrected chi connectivity index (χ0v) is 6.39. The van der Waals surface area contributed by atoms with E-state index in [-0.39, 0.29) is 4.43 Å². The fraction of sp³-hybridized carbons (Fsp3) is 1.00. The first-order chi connectivity index (χ1) is 2.56. The second-order valence-electron chi connectivity index (χ2n) is 0.749. The van der Waals surface area contributed by atoms with Crippen molar-refractivity contribution >= 4 is 45.8 Å². The minimum absolute atomic E-state index is 0.105. The van der Waals surface area contributed by atoms with Gasteiger partial charge in [-0.15, -0.1) is 0 Å². The van der Waals surface area contributed by atoms with E-state index in [0.717, 1.165) is 0 Å². The van der Waals surface area contributed by atoms with Gasteiger partial charge >= 0.3 is 0 Å². The normalized spacial score (nSPS) is 12.0. The minimum Gasteiger partial charge on any atom is -0.207 e. The van der Waals surface area contributed by atoms with Gasteiger partial charge in [-0.25, -0.2) is 4.39 Å². The van der Waals surface area contributed by atoms with Gasteiger partial charge in [0.1, 0.15) is 0 Å². The highest BCUT2D eigenvalue weighted by atomic mass is 127. The van der Waals surface area contributed by atoms with Gasteiger partial charge in [-0.05, 0) is 0 Å². The first-order valence-corrected chi connectivity index (χ1v) is 3.47. The highest BCUT2D eigenvalue weighted by Gasteiger charge is 2.18. The molecule has 0 aliphatic carbocycles. The van der Waals surface area contributed by atoms with Crippen LogP contribution in [-0.4, -0.2) is 9.01 Å². The van der Waals surface area contributed by atoms with E-state index in [0.29, 0.717) is 0 Å². The van der Waals surface area contributed by atoms with Crippen LogP contribution < -0.4 is 0 Å². The Kier molecular flexibility index (Phi) is 3.04. The summed E-state index contributed by atoms with van der Waals surface area (Å²) in [7, 11) is 0. The van der Waals surface area contributed by atoms with Crippen molar-refractivity contribution in [2.24, 2.45) is 0 Å². The Morgan fingerprint density at radius 2 is 1.83 bits per heavy atom. The van der Waals surface area contributed by atoms with Crippen LogP contribution in [0.25, 0.3) is 0 Å². The molecule has 0 radical (unpaired) electrons. The molecule has 0 rings (SSSR count). The van der Waals surface area contributed by atoms with Crippen LogP contribution in [-0.2, 0) is 0 Å². The van der Waals surface area contributed by atoms with E-state index in [9.17, 15) is 4.39 Å². The van der Waals surface area contributed by atoms with E-state index in [1.54, 1.807) is 22.6 Å². The smallest absolute Gasteiger partial charge is 0.207 e. The van der Waals surface area contributed by atoms with Crippen LogP contribution in [0.1, 0.15) is 0 Å². The monoisotopic (exact) mass is 242 g/mol. The highest BCUT2D eigenvalue weighted by molar-refractivity contribution is 14.1. The molecule has 0 aliphatic rings. The quantitative estimate of drug-likeness (QED) is 0.490. The number of halogens is 4. The molecule has 0 N–H and O–H groups in total. The first kappa shape index (κ1) is 7.24. The van der Waals surface area contributed by atoms with Crippen LogP contribution in [0.5, 0.6) is 0 Å². The Bertz CT molecular complexity index is 41.3. The van der Waals surface area contributed by atoms with Crippen molar-refractivity contribution in [1.29, 1.82) is 0 Å². The third-order valence-electron chi connectivity index (χ3n) is 0.152. The van der Waals surface area contributed by atoms with Gasteiger partial charge in [-0.3, -0.25) is 0 Å². The molecule has 0 bridgehead atoms. The van der Waals surface area contributed by atoms with E-state index in [1.807, 2.05) is 0 Å². The summed E-state index contributed by atoms with van der Waals surface area (Å²) in [5, 5.41) is 0. The number of alkyl halides is 4. The van der Waals surface area contributed by atoms with Gasteiger partial charge in [0.05, 0.1) is 4.43 Å². The number of hydrogen-bond acceptors (Lipinski definition) is 0. The molecule has 0 amide bonds. The Labute approximate surface area is 59.1 Å². The third-order valence-corrected chi connectivity index (χ3v) is 2.37. The molecule has 0 aromatic carbocycles. The van der Waals surface area contributed by atoms with E-state index < -0.39 is 4.59 Å². The second kappa shape index (κ2) is 2.52. The fourth-order valence-electron chi connectivity index (χ4n) is 0. The fourth-order valence-corrected chi connectivity index (χ4v) is 0. The molecule has 0 fully saturated rings. The summed E-state index contributed by atoms with van der Waals surface area (Å²) in [6.45, 7) is 0. The molecule has 4 heteroatoms. The molecule has 0 atom stereocenters. The van der Waals surface area contributed by atoms with Crippen LogP contribution in [0, 0.1) is 0 Å². The van der Waals surface area contributed by atoms with Gasteiger partial charge in [0, 0.05) is 0 Å². The van der Waals surface area contributed by atoms with Gasteiger partial charge < -0.3 is 0 Å². The SMILES string of the molecule is FC(Cl)(Cl)CI. The molecule has 0 aromatic heterocycles. The summed E-state index contributed by atoms with van der Waals surface area (Å²) in [6.07, 6.45) is 0. The standard InChI is InChI=1S/C2H2Cl2FI/c3-2(4,5)1-6/h1H2. The van der Waals surface area contributed by atoms with Crippen LogP contribution in [0.3, 0.4) is 0 Å². The Hall–Kier alpha value is 1.24. The van der Waals surface area contributed by atoms with Crippen molar-refractivity contribution in [1.82, 2.24) is 0 Å². The van der Waals surface area contributed by atoms with Gasteiger partial charge in [0.25, 0.3) is 4.59 Å². The van der Waals surface area contributed by atoms with E-state index >= 15 is 0 Å². The predicted molar refractivity (Wildman–Crippen MR) is 34.4 cm³/mol. The van der Waals surface area contributed by atoms with Crippen molar-refractivity contribution in [2.75, 3.05) is 4.43 Å². The lowest BCUT2D eigenvalue weighted by molar-refractivity contribution is 0.434. The van der Waals surface area contributed by atoms with Crippen molar-refractivity contribution in [3.63, 3.8) is 0 Å². The molecular formula is C2H2Cl2FI. The van der Waals surface area contributed by atoms with Crippen LogP contribution in [0.4, 0.5) is 4.39 Å². The summed E-state index contributed by atoms with van der Waals surface area (Å²) in [4.78, 5) is 0. The maximum absolute atomic E-state index is 11.6. The average molecular weight is 243 g/mol. The zero-order valence-electron chi connectivity index (χ0n) is 2.72. The summed E-state index contributed by atoms with van der Waals surface area (Å²) >= 11 is 11.4. The Balaban J connectivity index is 3.17. The van der Waals surface area contributed by atoms with Crippen molar-refractivity contribution in [3.05, 3.63) is 0 Å². The largest absolute Gasteiger partial charge is 0.266 e. The third kappa shape index (κ3) is 5.24. The summed E-state index contributed by atoms with van der Waals surface area (Å²) in [6, 6.07) is 0. The lowest BCUT2D eigenvalue weighted by Crippen LogP contribution is -2.03. The van der Waals surface area contributed by atoms with Crippen LogP contribution in [0.2, 0.25) is 0 Å². The zero-order chi connectivity index (χ0) is 5.21. The highest BCUT2D eigenvalue weighted by Crippen LogP contribution is 2.24. The molecule has 0 nitrogen and oxygen atoms in total. The van der Waals surface area contributed by atoms with Crippen molar-refractivity contribution in [3.8, 4) is 0 Å². The number of hydrogen-bond donors (Lipinski definition) is 0. The molecule has 0 spiro atoms. The molecule has 0 heterocycles. The van der Waals surface area contributed by atoms with Crippen molar-refractivity contribution in [2.45, 2.75) is 4.59 Å². The molecule has 38 valence electrons. The summed E-state index contributed by atoms with van der Waals surface area (Å²) < 4.78 is 9.72. The van der Waals surface area contributed by atoms with Gasteiger partial charge in [-0.2, -0.15) is 0 Å². The second-order valence-corrected chi connectivity index (χ2v) is 2.90. The number of rotatable bonds is 1. The maximum Gasteiger partial charge on any atom is 0.266 e. The summed E-state index contributed by atoms with van der Waals surface area (Å²) in [5.74, 6) is 0. The minimum atomic E-state index is -2.03. The lowest BCUT2D eigenvalue weighted by Gasteiger charge is -1.99. The Morgan fingerprint density at radius 1 is 1.67 bits per heavy atom. The van der Waals surface area contributed by atoms with Gasteiger partial charge in [0.15, 0.2) is 0 Å². The molecular weight excluding hydrogens is 241 g/mol.